The number of pyridine rings is 1. The zero-order chi connectivity index (χ0) is 14.1. The summed E-state index contributed by atoms with van der Waals surface area (Å²) in [6.07, 6.45) is 0.970. The Balaban J connectivity index is 2.94. The number of rotatable bonds is 3. The molecular formula is C13H19Cl3N2. The van der Waals surface area contributed by atoms with E-state index in [1.165, 1.54) is 0 Å². The van der Waals surface area contributed by atoms with Crippen LogP contribution in [0.1, 0.15) is 41.0 Å². The molecule has 0 aliphatic carbocycles. The van der Waals surface area contributed by atoms with Gasteiger partial charge in [0, 0.05) is 5.54 Å². The maximum atomic E-state index is 6.11. The van der Waals surface area contributed by atoms with Gasteiger partial charge in [0.2, 0.25) is 0 Å². The van der Waals surface area contributed by atoms with Gasteiger partial charge in [-0.1, -0.05) is 55.6 Å². The summed E-state index contributed by atoms with van der Waals surface area (Å²) in [4.78, 5) is 4.18. The van der Waals surface area contributed by atoms with Gasteiger partial charge in [-0.3, -0.25) is 0 Å². The van der Waals surface area contributed by atoms with Gasteiger partial charge in [-0.05, 0) is 31.7 Å². The van der Waals surface area contributed by atoms with Crippen LogP contribution in [-0.4, -0.2) is 10.5 Å². The third-order valence-electron chi connectivity index (χ3n) is 2.32. The highest BCUT2D eigenvalue weighted by molar-refractivity contribution is 6.42. The van der Waals surface area contributed by atoms with Crippen molar-refractivity contribution in [3.05, 3.63) is 21.3 Å². The second-order valence-electron chi connectivity index (χ2n) is 6.34. The SMILES string of the molecule is CC(C)(C)CC(C)(C)Nc1nc(Cl)c(Cl)cc1Cl. The van der Waals surface area contributed by atoms with Crippen LogP contribution in [0.3, 0.4) is 0 Å². The van der Waals surface area contributed by atoms with Gasteiger partial charge in [-0.15, -0.1) is 0 Å². The molecule has 0 spiro atoms. The van der Waals surface area contributed by atoms with Gasteiger partial charge in [0.25, 0.3) is 0 Å². The lowest BCUT2D eigenvalue weighted by molar-refractivity contribution is 0.302. The van der Waals surface area contributed by atoms with E-state index in [0.717, 1.165) is 6.42 Å². The molecule has 0 unspecified atom stereocenters. The fourth-order valence-corrected chi connectivity index (χ4v) is 2.77. The van der Waals surface area contributed by atoms with Crippen LogP contribution in [0.2, 0.25) is 15.2 Å². The molecule has 0 saturated heterocycles. The maximum Gasteiger partial charge on any atom is 0.150 e. The number of hydrogen-bond acceptors (Lipinski definition) is 2. The maximum absolute atomic E-state index is 6.11. The predicted molar refractivity (Wildman–Crippen MR) is 81.0 cm³/mol. The monoisotopic (exact) mass is 308 g/mol. The summed E-state index contributed by atoms with van der Waals surface area (Å²) in [6, 6.07) is 1.61. The Morgan fingerprint density at radius 3 is 2.11 bits per heavy atom. The summed E-state index contributed by atoms with van der Waals surface area (Å²) in [7, 11) is 0. The normalized spacial score (nSPS) is 12.7. The van der Waals surface area contributed by atoms with Crippen LogP contribution in [-0.2, 0) is 0 Å². The second-order valence-corrected chi connectivity index (χ2v) is 7.51. The van der Waals surface area contributed by atoms with Gasteiger partial charge in [-0.2, -0.15) is 0 Å². The Bertz CT molecular complexity index is 437. The van der Waals surface area contributed by atoms with Crippen LogP contribution in [0.15, 0.2) is 6.07 Å². The van der Waals surface area contributed by atoms with Gasteiger partial charge in [0.1, 0.15) is 11.0 Å². The molecule has 0 aliphatic heterocycles. The molecule has 0 atom stereocenters. The van der Waals surface area contributed by atoms with E-state index in [-0.39, 0.29) is 16.1 Å². The smallest absolute Gasteiger partial charge is 0.150 e. The first-order chi connectivity index (χ1) is 8.00. The molecule has 18 heavy (non-hydrogen) atoms. The highest BCUT2D eigenvalue weighted by Gasteiger charge is 2.26. The number of anilines is 1. The van der Waals surface area contributed by atoms with Crippen LogP contribution in [0.25, 0.3) is 0 Å². The van der Waals surface area contributed by atoms with Crippen LogP contribution in [0.4, 0.5) is 5.82 Å². The Kier molecular flexibility index (Phi) is 4.80. The van der Waals surface area contributed by atoms with Crippen molar-refractivity contribution in [3.63, 3.8) is 0 Å². The third-order valence-corrected chi connectivity index (χ3v) is 3.28. The van der Waals surface area contributed by atoms with Crippen molar-refractivity contribution in [2.75, 3.05) is 5.32 Å². The number of hydrogen-bond donors (Lipinski definition) is 1. The molecule has 0 aromatic carbocycles. The largest absolute Gasteiger partial charge is 0.364 e. The van der Waals surface area contributed by atoms with Crippen molar-refractivity contribution in [1.82, 2.24) is 4.98 Å². The zero-order valence-corrected chi connectivity index (χ0v) is 13.6. The molecule has 102 valence electrons. The van der Waals surface area contributed by atoms with E-state index in [1.807, 2.05) is 0 Å². The van der Waals surface area contributed by atoms with Gasteiger partial charge >= 0.3 is 0 Å². The fourth-order valence-electron chi connectivity index (χ4n) is 2.22. The van der Waals surface area contributed by atoms with Crippen molar-refractivity contribution < 1.29 is 0 Å². The molecule has 1 aromatic heterocycles. The van der Waals surface area contributed by atoms with Gasteiger partial charge in [0.05, 0.1) is 10.0 Å². The summed E-state index contributed by atoms with van der Waals surface area (Å²) in [5, 5.41) is 4.42. The van der Waals surface area contributed by atoms with Gasteiger partial charge < -0.3 is 5.32 Å². The zero-order valence-electron chi connectivity index (χ0n) is 11.4. The summed E-state index contributed by atoms with van der Waals surface area (Å²) in [6.45, 7) is 10.8. The molecule has 1 N–H and O–H groups in total. The number of halogens is 3. The van der Waals surface area contributed by atoms with Crippen molar-refractivity contribution in [2.45, 2.75) is 46.6 Å². The predicted octanol–water partition coefficient (Wildman–Crippen LogP) is 5.67. The summed E-state index contributed by atoms with van der Waals surface area (Å²) >= 11 is 17.9. The molecule has 0 radical (unpaired) electrons. The topological polar surface area (TPSA) is 24.9 Å². The lowest BCUT2D eigenvalue weighted by atomic mass is 9.82. The first-order valence-corrected chi connectivity index (χ1v) is 6.93. The van der Waals surface area contributed by atoms with Gasteiger partial charge in [-0.25, -0.2) is 4.98 Å². The minimum Gasteiger partial charge on any atom is -0.364 e. The molecule has 0 fully saturated rings. The highest BCUT2D eigenvalue weighted by Crippen LogP contribution is 2.33. The number of nitrogens with one attached hydrogen (secondary N) is 1. The number of nitrogens with zero attached hydrogens (tertiary/aromatic N) is 1. The lowest BCUT2D eigenvalue weighted by Crippen LogP contribution is -2.35. The Labute approximate surface area is 124 Å². The van der Waals surface area contributed by atoms with E-state index >= 15 is 0 Å². The Morgan fingerprint density at radius 2 is 1.61 bits per heavy atom. The van der Waals surface area contributed by atoms with E-state index in [2.05, 4.69) is 44.9 Å². The van der Waals surface area contributed by atoms with Crippen molar-refractivity contribution >= 4 is 40.6 Å². The molecule has 5 heteroatoms. The second kappa shape index (κ2) is 5.44. The lowest BCUT2D eigenvalue weighted by Gasteiger charge is -2.34. The highest BCUT2D eigenvalue weighted by atomic mass is 35.5. The number of aromatic nitrogens is 1. The first-order valence-electron chi connectivity index (χ1n) is 5.80. The minimum absolute atomic E-state index is 0.133. The van der Waals surface area contributed by atoms with E-state index in [9.17, 15) is 0 Å². The van der Waals surface area contributed by atoms with Crippen molar-refractivity contribution in [2.24, 2.45) is 5.41 Å². The average Bonchev–Trinajstić information content (AvgIpc) is 2.09. The van der Waals surface area contributed by atoms with E-state index in [1.54, 1.807) is 6.07 Å². The van der Waals surface area contributed by atoms with E-state index in [0.29, 0.717) is 15.9 Å². The fraction of sp³-hybridized carbons (Fsp3) is 0.615. The van der Waals surface area contributed by atoms with Crippen LogP contribution < -0.4 is 5.32 Å². The summed E-state index contributed by atoms with van der Waals surface area (Å²) in [5.74, 6) is 0.570. The quantitative estimate of drug-likeness (QED) is 0.728. The molecule has 1 rings (SSSR count). The summed E-state index contributed by atoms with van der Waals surface area (Å²) < 4.78 is 0. The standard InChI is InChI=1S/C13H19Cl3N2/c1-12(2,3)7-13(4,5)18-11-9(15)6-8(14)10(16)17-11/h6H,7H2,1-5H3,(H,17,18). The van der Waals surface area contributed by atoms with E-state index < -0.39 is 0 Å². The van der Waals surface area contributed by atoms with Crippen molar-refractivity contribution in [3.8, 4) is 0 Å². The van der Waals surface area contributed by atoms with Gasteiger partial charge in [0.15, 0.2) is 0 Å². The molecule has 2 nitrogen and oxygen atoms in total. The molecule has 0 aliphatic rings. The molecule has 0 bridgehead atoms. The molecular weight excluding hydrogens is 291 g/mol. The molecule has 1 aromatic rings. The van der Waals surface area contributed by atoms with Crippen molar-refractivity contribution in [1.29, 1.82) is 0 Å². The average molecular weight is 310 g/mol. The molecule has 0 amide bonds. The van der Waals surface area contributed by atoms with Crippen LogP contribution in [0.5, 0.6) is 0 Å². The van der Waals surface area contributed by atoms with Crippen LogP contribution in [0, 0.1) is 5.41 Å². The van der Waals surface area contributed by atoms with E-state index in [4.69, 9.17) is 34.8 Å². The third kappa shape index (κ3) is 4.83. The Morgan fingerprint density at radius 1 is 1.06 bits per heavy atom. The molecule has 1 heterocycles. The molecule has 0 saturated carbocycles. The summed E-state index contributed by atoms with van der Waals surface area (Å²) in [5.41, 5.74) is 0.0746. The first kappa shape index (κ1) is 15.9. The minimum atomic E-state index is -0.133. The van der Waals surface area contributed by atoms with Crippen LogP contribution >= 0.6 is 34.8 Å². The Hall–Kier alpha value is -0.180.